The van der Waals surface area contributed by atoms with Crippen LogP contribution in [0.2, 0.25) is 0 Å². The third-order valence-corrected chi connectivity index (χ3v) is 3.12. The Hall–Kier alpha value is -1.03. The molecule has 1 aliphatic rings. The summed E-state index contributed by atoms with van der Waals surface area (Å²) >= 11 is 5.90. The fourth-order valence-electron chi connectivity index (χ4n) is 1.99. The van der Waals surface area contributed by atoms with Gasteiger partial charge < -0.3 is 9.88 Å². The van der Waals surface area contributed by atoms with Gasteiger partial charge in [0.05, 0.1) is 0 Å². The molecule has 1 aromatic heterocycles. The van der Waals surface area contributed by atoms with Crippen molar-refractivity contribution in [2.24, 2.45) is 0 Å². The Morgan fingerprint density at radius 2 is 2.47 bits per heavy atom. The van der Waals surface area contributed by atoms with Gasteiger partial charge in [-0.1, -0.05) is 0 Å². The molecule has 1 unspecified atom stereocenters. The lowest BCUT2D eigenvalue weighted by Crippen LogP contribution is -2.43. The highest BCUT2D eigenvalue weighted by Crippen LogP contribution is 2.20. The van der Waals surface area contributed by atoms with Crippen molar-refractivity contribution in [1.29, 1.82) is 0 Å². The molecule has 0 bridgehead atoms. The minimum Gasteiger partial charge on any atom is -0.348 e. The molecule has 0 amide bonds. The highest BCUT2D eigenvalue weighted by molar-refractivity contribution is 6.18. The van der Waals surface area contributed by atoms with Crippen molar-refractivity contribution in [3.8, 4) is 0 Å². The van der Waals surface area contributed by atoms with Crippen molar-refractivity contribution in [2.45, 2.75) is 25.3 Å². The highest BCUT2D eigenvalue weighted by atomic mass is 35.5. The van der Waals surface area contributed by atoms with Gasteiger partial charge in [0.15, 0.2) is 5.82 Å². The maximum atomic E-state index is 11.6. The van der Waals surface area contributed by atoms with Crippen molar-refractivity contribution in [2.75, 3.05) is 17.3 Å². The smallest absolute Gasteiger partial charge is 0.290 e. The molecule has 0 saturated carbocycles. The fourth-order valence-corrected chi connectivity index (χ4v) is 2.31. The average molecular weight is 228 g/mol. The number of anilines is 1. The van der Waals surface area contributed by atoms with Crippen LogP contribution in [0, 0.1) is 0 Å². The van der Waals surface area contributed by atoms with Crippen LogP contribution in [0.3, 0.4) is 0 Å². The number of nitrogens with zero attached hydrogens (tertiary/aromatic N) is 2. The second-order valence-corrected chi connectivity index (χ2v) is 4.05. The van der Waals surface area contributed by atoms with Gasteiger partial charge in [-0.25, -0.2) is 4.98 Å². The fraction of sp³-hybridized carbons (Fsp3) is 0.600. The summed E-state index contributed by atoms with van der Waals surface area (Å²) in [5.41, 5.74) is -0.130. The Balaban J connectivity index is 2.28. The number of alkyl halides is 1. The molecular weight excluding hydrogens is 214 g/mol. The maximum absolute atomic E-state index is 11.6. The normalized spacial score (nSPS) is 21.7. The first-order valence-electron chi connectivity index (χ1n) is 5.19. The molecule has 2 heterocycles. The van der Waals surface area contributed by atoms with Crippen molar-refractivity contribution < 1.29 is 0 Å². The van der Waals surface area contributed by atoms with Gasteiger partial charge in [-0.15, -0.1) is 11.6 Å². The van der Waals surface area contributed by atoms with Gasteiger partial charge in [-0.2, -0.15) is 0 Å². The molecule has 0 aromatic carbocycles. The molecule has 0 aliphatic carbocycles. The van der Waals surface area contributed by atoms with Crippen molar-refractivity contribution in [3.63, 3.8) is 0 Å². The lowest BCUT2D eigenvalue weighted by atomic mass is 10.0. The number of nitrogens with one attached hydrogen (secondary N) is 1. The predicted molar refractivity (Wildman–Crippen MR) is 60.6 cm³/mol. The van der Waals surface area contributed by atoms with Gasteiger partial charge in [0.2, 0.25) is 0 Å². The van der Waals surface area contributed by atoms with E-state index in [1.54, 1.807) is 12.4 Å². The van der Waals surface area contributed by atoms with Crippen molar-refractivity contribution in [3.05, 3.63) is 22.7 Å². The minimum atomic E-state index is -0.130. The topological polar surface area (TPSA) is 49.0 Å². The summed E-state index contributed by atoms with van der Waals surface area (Å²) in [5.74, 6) is 1.05. The Bertz CT molecular complexity index is 379. The number of aromatic nitrogens is 2. The molecule has 82 valence electrons. The molecule has 4 nitrogen and oxygen atoms in total. The molecule has 0 radical (unpaired) electrons. The number of aromatic amines is 1. The summed E-state index contributed by atoms with van der Waals surface area (Å²) < 4.78 is 0. The number of hydrogen-bond acceptors (Lipinski definition) is 3. The van der Waals surface area contributed by atoms with E-state index in [0.717, 1.165) is 19.4 Å². The van der Waals surface area contributed by atoms with Crippen LogP contribution in [0.15, 0.2) is 17.2 Å². The van der Waals surface area contributed by atoms with E-state index in [1.165, 1.54) is 6.42 Å². The summed E-state index contributed by atoms with van der Waals surface area (Å²) in [4.78, 5) is 20.4. The van der Waals surface area contributed by atoms with E-state index in [2.05, 4.69) is 9.97 Å². The molecule has 1 saturated heterocycles. The first-order valence-corrected chi connectivity index (χ1v) is 5.72. The van der Waals surface area contributed by atoms with Gasteiger partial charge >= 0.3 is 0 Å². The standard InChI is InChI=1S/C10H14ClN3O/c11-7-8-3-1-2-6-14(8)9-10(15)13-5-4-12-9/h4-5,8H,1-3,6-7H2,(H,13,15). The number of rotatable bonds is 2. The number of H-pyrrole nitrogens is 1. The summed E-state index contributed by atoms with van der Waals surface area (Å²) in [7, 11) is 0. The molecular formula is C10H14ClN3O. The molecule has 1 atom stereocenters. The quantitative estimate of drug-likeness (QED) is 0.777. The SMILES string of the molecule is O=c1[nH]ccnc1N1CCCCC1CCl. The summed E-state index contributed by atoms with van der Waals surface area (Å²) in [5, 5.41) is 0. The van der Waals surface area contributed by atoms with Crippen LogP contribution in [0.25, 0.3) is 0 Å². The first-order chi connectivity index (χ1) is 7.33. The Labute approximate surface area is 93.3 Å². The zero-order valence-electron chi connectivity index (χ0n) is 8.45. The van der Waals surface area contributed by atoms with E-state index >= 15 is 0 Å². The molecule has 0 spiro atoms. The van der Waals surface area contributed by atoms with Crippen LogP contribution in [-0.2, 0) is 0 Å². The average Bonchev–Trinajstić information content (AvgIpc) is 2.30. The molecule has 1 fully saturated rings. The van der Waals surface area contributed by atoms with Crippen LogP contribution in [-0.4, -0.2) is 28.4 Å². The summed E-state index contributed by atoms with van der Waals surface area (Å²) in [6.07, 6.45) is 6.48. The van der Waals surface area contributed by atoms with Crippen molar-refractivity contribution in [1.82, 2.24) is 9.97 Å². The third-order valence-electron chi connectivity index (χ3n) is 2.77. The van der Waals surface area contributed by atoms with E-state index in [0.29, 0.717) is 11.7 Å². The van der Waals surface area contributed by atoms with Crippen LogP contribution in [0.4, 0.5) is 5.82 Å². The molecule has 1 aromatic rings. The molecule has 2 rings (SSSR count). The largest absolute Gasteiger partial charge is 0.348 e. The third kappa shape index (κ3) is 2.15. The number of halogens is 1. The van der Waals surface area contributed by atoms with Gasteiger partial charge in [-0.05, 0) is 19.3 Å². The van der Waals surface area contributed by atoms with Crippen LogP contribution in [0.5, 0.6) is 0 Å². The molecule has 1 aliphatic heterocycles. The second kappa shape index (κ2) is 4.66. The maximum Gasteiger partial charge on any atom is 0.290 e. The zero-order chi connectivity index (χ0) is 10.7. The summed E-state index contributed by atoms with van der Waals surface area (Å²) in [6, 6.07) is 0.247. The predicted octanol–water partition coefficient (Wildman–Crippen LogP) is 1.37. The number of hydrogen-bond donors (Lipinski definition) is 1. The minimum absolute atomic E-state index is 0.130. The van der Waals surface area contributed by atoms with Crippen molar-refractivity contribution >= 4 is 17.4 Å². The van der Waals surface area contributed by atoms with E-state index < -0.39 is 0 Å². The van der Waals surface area contributed by atoms with E-state index in [9.17, 15) is 4.79 Å². The summed E-state index contributed by atoms with van der Waals surface area (Å²) in [6.45, 7) is 0.872. The van der Waals surface area contributed by atoms with Gasteiger partial charge in [0.1, 0.15) is 0 Å². The molecule has 1 N–H and O–H groups in total. The molecule has 5 heteroatoms. The van der Waals surface area contributed by atoms with Gasteiger partial charge in [0.25, 0.3) is 5.56 Å². The Morgan fingerprint density at radius 1 is 1.60 bits per heavy atom. The van der Waals surface area contributed by atoms with Crippen LogP contribution < -0.4 is 10.5 Å². The Morgan fingerprint density at radius 3 is 3.20 bits per heavy atom. The van der Waals surface area contributed by atoms with E-state index in [4.69, 9.17) is 11.6 Å². The number of piperidine rings is 1. The zero-order valence-corrected chi connectivity index (χ0v) is 9.20. The van der Waals surface area contributed by atoms with Crippen LogP contribution in [0.1, 0.15) is 19.3 Å². The monoisotopic (exact) mass is 227 g/mol. The van der Waals surface area contributed by atoms with E-state index in [1.807, 2.05) is 4.90 Å². The Kier molecular flexibility index (Phi) is 3.26. The lowest BCUT2D eigenvalue weighted by Gasteiger charge is -2.34. The second-order valence-electron chi connectivity index (χ2n) is 3.74. The van der Waals surface area contributed by atoms with Gasteiger partial charge in [-0.3, -0.25) is 4.79 Å². The highest BCUT2D eigenvalue weighted by Gasteiger charge is 2.24. The van der Waals surface area contributed by atoms with E-state index in [-0.39, 0.29) is 11.6 Å². The van der Waals surface area contributed by atoms with Gasteiger partial charge in [0, 0.05) is 30.9 Å². The first kappa shape index (κ1) is 10.5. The lowest BCUT2D eigenvalue weighted by molar-refractivity contribution is 0.483. The molecule has 15 heavy (non-hydrogen) atoms. The van der Waals surface area contributed by atoms with Crippen LogP contribution >= 0.6 is 11.6 Å².